The molecule has 184 valence electrons. The number of rotatable bonds is 4. The average Bonchev–Trinajstić information content (AvgIpc) is 2.88. The first kappa shape index (κ1) is 23.3. The molecule has 2 saturated heterocycles. The Morgan fingerprint density at radius 3 is 2.26 bits per heavy atom. The zero-order valence-electron chi connectivity index (χ0n) is 18.9. The Morgan fingerprint density at radius 2 is 1.54 bits per heavy atom. The highest BCUT2D eigenvalue weighted by Gasteiger charge is 2.36. The van der Waals surface area contributed by atoms with Crippen molar-refractivity contribution in [2.45, 2.75) is 6.18 Å². The maximum absolute atomic E-state index is 13.9. The number of benzene rings is 1. The van der Waals surface area contributed by atoms with E-state index in [9.17, 15) is 17.6 Å². The van der Waals surface area contributed by atoms with Crippen molar-refractivity contribution in [3.05, 3.63) is 60.0 Å². The number of anilines is 3. The Kier molecular flexibility index (Phi) is 6.42. The molecule has 4 heterocycles. The van der Waals surface area contributed by atoms with Gasteiger partial charge in [0.2, 0.25) is 5.95 Å². The zero-order valence-corrected chi connectivity index (χ0v) is 18.9. The quantitative estimate of drug-likeness (QED) is 0.517. The smallest absolute Gasteiger partial charge is 0.378 e. The number of hydrogen-bond donors (Lipinski definition) is 0. The second-order valence-electron chi connectivity index (χ2n) is 8.37. The van der Waals surface area contributed by atoms with Gasteiger partial charge in [0.15, 0.2) is 0 Å². The normalized spacial score (nSPS) is 17.1. The minimum absolute atomic E-state index is 0.0666. The maximum atomic E-state index is 13.9. The molecule has 0 atom stereocenters. The molecule has 0 unspecified atom stereocenters. The van der Waals surface area contributed by atoms with Crippen LogP contribution >= 0.6 is 0 Å². The third-order valence-corrected chi connectivity index (χ3v) is 6.11. The molecular weight excluding hydrogens is 464 g/mol. The average molecular weight is 488 g/mol. The zero-order chi connectivity index (χ0) is 24.4. The second-order valence-corrected chi connectivity index (χ2v) is 8.37. The van der Waals surface area contributed by atoms with Crippen LogP contribution in [-0.2, 0) is 10.9 Å². The summed E-state index contributed by atoms with van der Waals surface area (Å²) in [6.45, 7) is 4.02. The van der Waals surface area contributed by atoms with Gasteiger partial charge in [-0.2, -0.15) is 18.2 Å². The topological polar surface area (TPSA) is 57.6 Å². The first-order valence-electron chi connectivity index (χ1n) is 11.4. The summed E-state index contributed by atoms with van der Waals surface area (Å²) in [6, 6.07) is 10.4. The number of hydrogen-bond acceptors (Lipinski definition) is 7. The van der Waals surface area contributed by atoms with Crippen molar-refractivity contribution < 1.29 is 22.3 Å². The van der Waals surface area contributed by atoms with E-state index in [4.69, 9.17) is 14.7 Å². The fourth-order valence-electron chi connectivity index (χ4n) is 4.30. The number of halogens is 4. The summed E-state index contributed by atoms with van der Waals surface area (Å²) >= 11 is 0. The van der Waals surface area contributed by atoms with Crippen molar-refractivity contribution in [3.63, 3.8) is 0 Å². The number of aromatic nitrogens is 3. The molecule has 0 N–H and O–H groups in total. The van der Waals surface area contributed by atoms with E-state index in [0.717, 1.165) is 6.07 Å². The third kappa shape index (κ3) is 5.14. The van der Waals surface area contributed by atoms with Crippen LogP contribution in [0.5, 0.6) is 0 Å². The van der Waals surface area contributed by atoms with Crippen LogP contribution in [0.3, 0.4) is 0 Å². The summed E-state index contributed by atoms with van der Waals surface area (Å²) in [5, 5.41) is 0. The van der Waals surface area contributed by atoms with Gasteiger partial charge in [-0.25, -0.2) is 14.4 Å². The summed E-state index contributed by atoms with van der Waals surface area (Å²) in [4.78, 5) is 19.1. The van der Waals surface area contributed by atoms with Crippen molar-refractivity contribution >= 4 is 17.6 Å². The number of piperazine rings is 1. The summed E-state index contributed by atoms with van der Waals surface area (Å²) in [5.74, 6) is 0.747. The molecule has 35 heavy (non-hydrogen) atoms. The first-order valence-corrected chi connectivity index (χ1v) is 11.4. The van der Waals surface area contributed by atoms with Gasteiger partial charge in [0.25, 0.3) is 0 Å². The van der Waals surface area contributed by atoms with Crippen molar-refractivity contribution in [1.82, 2.24) is 15.0 Å². The molecule has 0 spiro atoms. The minimum atomic E-state index is -4.48. The lowest BCUT2D eigenvalue weighted by Crippen LogP contribution is -2.48. The van der Waals surface area contributed by atoms with E-state index >= 15 is 0 Å². The lowest BCUT2D eigenvalue weighted by atomic mass is 10.1. The van der Waals surface area contributed by atoms with E-state index in [1.54, 1.807) is 17.0 Å². The van der Waals surface area contributed by atoms with Gasteiger partial charge in [-0.15, -0.1) is 0 Å². The van der Waals surface area contributed by atoms with Gasteiger partial charge < -0.3 is 19.4 Å². The molecule has 0 amide bonds. The Balaban J connectivity index is 1.42. The second kappa shape index (κ2) is 9.65. The summed E-state index contributed by atoms with van der Waals surface area (Å²) in [7, 11) is 0. The van der Waals surface area contributed by atoms with Gasteiger partial charge in [0, 0.05) is 57.1 Å². The van der Waals surface area contributed by atoms with E-state index in [1.165, 1.54) is 24.4 Å². The fraction of sp³-hybridized carbons (Fsp3) is 0.375. The van der Waals surface area contributed by atoms with E-state index < -0.39 is 11.7 Å². The highest BCUT2D eigenvalue weighted by molar-refractivity contribution is 5.65. The van der Waals surface area contributed by atoms with Crippen LogP contribution < -0.4 is 14.7 Å². The van der Waals surface area contributed by atoms with E-state index in [-0.39, 0.29) is 11.6 Å². The summed E-state index contributed by atoms with van der Waals surface area (Å²) < 4.78 is 59.7. The molecule has 2 aromatic heterocycles. The van der Waals surface area contributed by atoms with Crippen molar-refractivity contribution in [2.75, 3.05) is 67.2 Å². The van der Waals surface area contributed by atoms with E-state index in [2.05, 4.69) is 9.88 Å². The van der Waals surface area contributed by atoms with Crippen LogP contribution in [0.25, 0.3) is 11.3 Å². The SMILES string of the molecule is Fc1cccc(-c2cc(N3CCOCC3)nc(N3CCN(c4ncccc4C(F)(F)F)CC3)n2)c1. The van der Waals surface area contributed by atoms with E-state index in [0.29, 0.717) is 75.5 Å². The highest BCUT2D eigenvalue weighted by atomic mass is 19.4. The van der Waals surface area contributed by atoms with Gasteiger partial charge >= 0.3 is 6.18 Å². The van der Waals surface area contributed by atoms with Gasteiger partial charge in [-0.3, -0.25) is 0 Å². The number of ether oxygens (including phenoxy) is 1. The van der Waals surface area contributed by atoms with Crippen LogP contribution in [0.15, 0.2) is 48.7 Å². The van der Waals surface area contributed by atoms with Crippen LogP contribution in [-0.4, -0.2) is 67.4 Å². The van der Waals surface area contributed by atoms with Gasteiger partial charge in [-0.05, 0) is 24.3 Å². The molecule has 1 aromatic carbocycles. The molecular formula is C24H24F4N6O. The molecule has 0 saturated carbocycles. The van der Waals surface area contributed by atoms with Crippen LogP contribution in [0.1, 0.15) is 5.56 Å². The van der Waals surface area contributed by atoms with Gasteiger partial charge in [0.1, 0.15) is 17.5 Å². The monoisotopic (exact) mass is 488 g/mol. The molecule has 0 radical (unpaired) electrons. The molecule has 2 aliphatic rings. The minimum Gasteiger partial charge on any atom is -0.378 e. The molecule has 5 rings (SSSR count). The first-order chi connectivity index (χ1) is 16.9. The standard InChI is InChI=1S/C24H24F4N6O/c25-18-4-1-3-17(15-18)20-16-21(32-11-13-35-14-12-32)31-23(30-20)34-9-7-33(8-10-34)22-19(24(26,27)28)5-2-6-29-22/h1-6,15-16H,7-14H2. The number of morpholine rings is 1. The van der Waals surface area contributed by atoms with Crippen molar-refractivity contribution in [2.24, 2.45) is 0 Å². The largest absolute Gasteiger partial charge is 0.419 e. The summed E-state index contributed by atoms with van der Waals surface area (Å²) in [5.41, 5.74) is 0.472. The van der Waals surface area contributed by atoms with Crippen LogP contribution in [0.2, 0.25) is 0 Å². The molecule has 3 aromatic rings. The number of pyridine rings is 1. The molecule has 0 aliphatic carbocycles. The van der Waals surface area contributed by atoms with Gasteiger partial charge in [0.05, 0.1) is 24.5 Å². The van der Waals surface area contributed by atoms with Crippen LogP contribution in [0, 0.1) is 5.82 Å². The van der Waals surface area contributed by atoms with Gasteiger partial charge in [-0.1, -0.05) is 12.1 Å². The Morgan fingerprint density at radius 1 is 0.800 bits per heavy atom. The lowest BCUT2D eigenvalue weighted by Gasteiger charge is -2.37. The summed E-state index contributed by atoms with van der Waals surface area (Å²) in [6.07, 6.45) is -3.10. The Hall–Kier alpha value is -3.47. The van der Waals surface area contributed by atoms with E-state index in [1.807, 2.05) is 11.0 Å². The van der Waals surface area contributed by atoms with Crippen molar-refractivity contribution in [3.8, 4) is 11.3 Å². The number of nitrogens with zero attached hydrogens (tertiary/aromatic N) is 6. The Bertz CT molecular complexity index is 1180. The predicted molar refractivity (Wildman–Crippen MR) is 124 cm³/mol. The molecule has 2 aliphatic heterocycles. The predicted octanol–water partition coefficient (Wildman–Crippen LogP) is 3.86. The lowest BCUT2D eigenvalue weighted by molar-refractivity contribution is -0.137. The molecule has 11 heteroatoms. The molecule has 7 nitrogen and oxygen atoms in total. The Labute approximate surface area is 200 Å². The molecule has 2 fully saturated rings. The highest BCUT2D eigenvalue weighted by Crippen LogP contribution is 2.35. The number of alkyl halides is 3. The third-order valence-electron chi connectivity index (χ3n) is 6.11. The van der Waals surface area contributed by atoms with Crippen LogP contribution in [0.4, 0.5) is 35.1 Å². The fourth-order valence-corrected chi connectivity index (χ4v) is 4.30. The molecule has 0 bridgehead atoms. The maximum Gasteiger partial charge on any atom is 0.419 e. The van der Waals surface area contributed by atoms with Crippen molar-refractivity contribution in [1.29, 1.82) is 0 Å².